The zero-order valence-corrected chi connectivity index (χ0v) is 20.2. The number of nitrogens with zero attached hydrogens (tertiary/aromatic N) is 5. The minimum absolute atomic E-state index is 0.373. The molecule has 1 fully saturated rings. The number of carbonyl (C=O) groups is 1. The maximum Gasteiger partial charge on any atom is 0.301 e. The normalized spacial score (nSPS) is 15.5. The van der Waals surface area contributed by atoms with Crippen LogP contribution in [0.5, 0.6) is 0 Å². The van der Waals surface area contributed by atoms with Crippen molar-refractivity contribution in [3.8, 4) is 11.8 Å². The molecule has 0 bridgehead atoms. The van der Waals surface area contributed by atoms with Gasteiger partial charge in [-0.25, -0.2) is 15.0 Å². The lowest BCUT2D eigenvalue weighted by Crippen LogP contribution is -2.36. The molecule has 0 unspecified atom stereocenters. The summed E-state index contributed by atoms with van der Waals surface area (Å²) in [6.07, 6.45) is 6.81. The van der Waals surface area contributed by atoms with Crippen LogP contribution in [0.1, 0.15) is 24.8 Å². The summed E-state index contributed by atoms with van der Waals surface area (Å²) >= 11 is 6.25. The Morgan fingerprint density at radius 1 is 1.11 bits per heavy atom. The van der Waals surface area contributed by atoms with Crippen LogP contribution in [0.4, 0.5) is 17.3 Å². The lowest BCUT2D eigenvalue weighted by molar-refractivity contribution is -0.111. The molecular weight excluding hydrogens is 464 g/mol. The van der Waals surface area contributed by atoms with E-state index in [9.17, 15) is 4.79 Å². The second kappa shape index (κ2) is 11.0. The quantitative estimate of drug-likeness (QED) is 0.415. The van der Waals surface area contributed by atoms with Gasteiger partial charge in [-0.05, 0) is 55.5 Å². The number of carbonyl (C=O) groups excluding carboxylic acids is 1. The fourth-order valence-electron chi connectivity index (χ4n) is 4.47. The Labute approximate surface area is 209 Å². The molecule has 0 spiro atoms. The summed E-state index contributed by atoms with van der Waals surface area (Å²) in [6.45, 7) is 5.47. The van der Waals surface area contributed by atoms with Crippen molar-refractivity contribution < 1.29 is 9.53 Å². The monoisotopic (exact) mass is 490 g/mol. The molecule has 4 heterocycles. The summed E-state index contributed by atoms with van der Waals surface area (Å²) < 4.78 is 5.37. The number of fused-ring (bicyclic) bond motifs is 2. The first-order valence-electron chi connectivity index (χ1n) is 11.9. The topological polar surface area (TPSA) is 83.5 Å². The molecule has 0 saturated carbocycles. The molecule has 5 rings (SSSR count). The number of nitrogens with one attached hydrogen (secondary N) is 1. The van der Waals surface area contributed by atoms with E-state index < -0.39 is 0 Å². The van der Waals surface area contributed by atoms with Gasteiger partial charge in [0.05, 0.1) is 24.9 Å². The molecule has 3 aromatic rings. The van der Waals surface area contributed by atoms with Crippen molar-refractivity contribution in [2.24, 2.45) is 0 Å². The maximum absolute atomic E-state index is 12.4. The smallest absolute Gasteiger partial charge is 0.301 e. The lowest BCUT2D eigenvalue weighted by Gasteiger charge is -2.26. The zero-order chi connectivity index (χ0) is 24.0. The Bertz CT molecular complexity index is 1280. The number of aromatic nitrogens is 3. The highest BCUT2D eigenvalue weighted by atomic mass is 35.5. The summed E-state index contributed by atoms with van der Waals surface area (Å²) in [4.78, 5) is 30.1. The summed E-state index contributed by atoms with van der Waals surface area (Å²) in [5.74, 6) is 6.46. The second-order valence-electron chi connectivity index (χ2n) is 8.63. The van der Waals surface area contributed by atoms with Gasteiger partial charge in [0, 0.05) is 42.2 Å². The van der Waals surface area contributed by atoms with Crippen molar-refractivity contribution in [3.05, 3.63) is 47.4 Å². The zero-order valence-electron chi connectivity index (χ0n) is 19.5. The Morgan fingerprint density at radius 2 is 2.00 bits per heavy atom. The van der Waals surface area contributed by atoms with Gasteiger partial charge in [0.2, 0.25) is 0 Å². The number of hydrogen-bond donors (Lipinski definition) is 1. The van der Waals surface area contributed by atoms with Gasteiger partial charge in [0.1, 0.15) is 18.0 Å². The molecule has 1 aromatic carbocycles. The molecule has 8 nitrogen and oxygen atoms in total. The van der Waals surface area contributed by atoms with Gasteiger partial charge in [-0.15, -0.1) is 0 Å². The van der Waals surface area contributed by atoms with Gasteiger partial charge in [-0.3, -0.25) is 15.0 Å². The van der Waals surface area contributed by atoms with E-state index in [1.54, 1.807) is 12.3 Å². The Kier molecular flexibility index (Phi) is 7.38. The first-order chi connectivity index (χ1) is 17.2. The molecule has 0 atom stereocenters. The molecule has 0 aliphatic carbocycles. The Morgan fingerprint density at radius 3 is 2.89 bits per heavy atom. The van der Waals surface area contributed by atoms with Crippen LogP contribution in [0, 0.1) is 11.8 Å². The third kappa shape index (κ3) is 5.70. The van der Waals surface area contributed by atoms with Crippen molar-refractivity contribution in [2.75, 3.05) is 49.6 Å². The van der Waals surface area contributed by atoms with Crippen LogP contribution in [0.3, 0.4) is 0 Å². The minimum Gasteiger partial charge on any atom is -0.379 e. The average molecular weight is 491 g/mol. The van der Waals surface area contributed by atoms with E-state index in [0.29, 0.717) is 22.8 Å². The number of rotatable bonds is 6. The molecule has 0 radical (unpaired) electrons. The first-order valence-corrected chi connectivity index (χ1v) is 12.3. The van der Waals surface area contributed by atoms with E-state index in [2.05, 4.69) is 48.0 Å². The highest BCUT2D eigenvalue weighted by molar-refractivity contribution is 6.31. The average Bonchev–Trinajstić information content (AvgIpc) is 3.29. The van der Waals surface area contributed by atoms with Crippen LogP contribution in [0.15, 0.2) is 36.8 Å². The van der Waals surface area contributed by atoms with Crippen molar-refractivity contribution >= 4 is 45.7 Å². The van der Waals surface area contributed by atoms with Crippen molar-refractivity contribution in [3.63, 3.8) is 0 Å². The number of anilines is 3. The summed E-state index contributed by atoms with van der Waals surface area (Å²) in [5, 5.41) is 4.27. The van der Waals surface area contributed by atoms with E-state index in [0.717, 1.165) is 75.5 Å². The van der Waals surface area contributed by atoms with E-state index in [4.69, 9.17) is 16.3 Å². The van der Waals surface area contributed by atoms with Crippen LogP contribution in [-0.4, -0.2) is 65.2 Å². The van der Waals surface area contributed by atoms with Crippen LogP contribution >= 0.6 is 11.6 Å². The molecule has 2 aromatic heterocycles. The van der Waals surface area contributed by atoms with E-state index in [-0.39, 0.29) is 5.91 Å². The summed E-state index contributed by atoms with van der Waals surface area (Å²) in [6, 6.07) is 7.72. The highest BCUT2D eigenvalue weighted by Gasteiger charge is 2.23. The van der Waals surface area contributed by atoms with E-state index in [1.165, 1.54) is 11.9 Å². The van der Waals surface area contributed by atoms with Crippen LogP contribution in [-0.2, 0) is 16.0 Å². The number of pyridine rings is 1. The fraction of sp³-hybridized carbons (Fsp3) is 0.385. The summed E-state index contributed by atoms with van der Waals surface area (Å²) in [5.41, 5.74) is 2.97. The molecule has 9 heteroatoms. The minimum atomic E-state index is -0.373. The molecule has 2 aliphatic heterocycles. The van der Waals surface area contributed by atoms with E-state index >= 15 is 0 Å². The fourth-order valence-corrected chi connectivity index (χ4v) is 4.63. The van der Waals surface area contributed by atoms with Crippen molar-refractivity contribution in [1.29, 1.82) is 0 Å². The Hall–Kier alpha value is -3.25. The third-order valence-electron chi connectivity index (χ3n) is 6.27. The number of benzene rings is 1. The number of amides is 1. The number of hydrogen-bond acceptors (Lipinski definition) is 7. The molecule has 1 saturated heterocycles. The Balaban J connectivity index is 1.22. The first kappa shape index (κ1) is 23.5. The maximum atomic E-state index is 12.4. The highest BCUT2D eigenvalue weighted by Crippen LogP contribution is 2.38. The lowest BCUT2D eigenvalue weighted by atomic mass is 10.2. The molecule has 35 heavy (non-hydrogen) atoms. The molecule has 1 amide bonds. The van der Waals surface area contributed by atoms with Crippen LogP contribution in [0.2, 0.25) is 5.02 Å². The van der Waals surface area contributed by atoms with Crippen LogP contribution < -0.4 is 10.2 Å². The second-order valence-corrected chi connectivity index (χ2v) is 9.06. The van der Waals surface area contributed by atoms with Gasteiger partial charge in [-0.1, -0.05) is 23.6 Å². The predicted octanol–water partition coefficient (Wildman–Crippen LogP) is 3.82. The van der Waals surface area contributed by atoms with Gasteiger partial charge >= 0.3 is 5.91 Å². The third-order valence-corrected chi connectivity index (χ3v) is 6.51. The standard InChI is InChI=1S/C26H27ClN6O2/c27-20-7-6-19-8-10-33(23(19)15-20)26-21-16-24(28-17-22(21)29-18-30-26)31-25(34)5-3-1-2-4-9-32-11-13-35-14-12-32/h6-7,15-18H,1-2,4,8-14H2,(H,28,31,34). The molecule has 1 N–H and O–H groups in total. The van der Waals surface area contributed by atoms with Gasteiger partial charge < -0.3 is 9.64 Å². The van der Waals surface area contributed by atoms with Crippen LogP contribution in [0.25, 0.3) is 10.9 Å². The van der Waals surface area contributed by atoms with Gasteiger partial charge in [0.15, 0.2) is 0 Å². The van der Waals surface area contributed by atoms with Crippen molar-refractivity contribution in [2.45, 2.75) is 25.7 Å². The van der Waals surface area contributed by atoms with Crippen molar-refractivity contribution in [1.82, 2.24) is 19.9 Å². The largest absolute Gasteiger partial charge is 0.379 e. The predicted molar refractivity (Wildman–Crippen MR) is 137 cm³/mol. The number of ether oxygens (including phenoxy) is 1. The van der Waals surface area contributed by atoms with Gasteiger partial charge in [-0.2, -0.15) is 0 Å². The molecular formula is C26H27ClN6O2. The van der Waals surface area contributed by atoms with E-state index in [1.807, 2.05) is 12.1 Å². The van der Waals surface area contributed by atoms with Gasteiger partial charge in [0.25, 0.3) is 0 Å². The number of halogens is 1. The molecule has 2 aliphatic rings. The SMILES string of the molecule is O=C(C#CCCCCN1CCOCC1)Nc1cc2c(N3CCc4ccc(Cl)cc43)ncnc2cn1. The molecule has 180 valence electrons. The number of morpholine rings is 1. The number of unbranched alkanes of at least 4 members (excludes halogenated alkanes) is 2. The summed E-state index contributed by atoms with van der Waals surface area (Å²) in [7, 11) is 0.